The second-order valence-corrected chi connectivity index (χ2v) is 29.8. The molecule has 9 heteroatoms. The van der Waals surface area contributed by atoms with Crippen LogP contribution in [-0.4, -0.2) is 18.3 Å². The van der Waals surface area contributed by atoms with Crippen LogP contribution in [0, 0.1) is 0 Å². The topological polar surface area (TPSA) is 85.6 Å². The molecule has 0 fully saturated rings. The summed E-state index contributed by atoms with van der Waals surface area (Å²) in [5.74, 6) is 0. The third kappa shape index (κ3) is 13.8. The minimum atomic E-state index is -2.53. The van der Waals surface area contributed by atoms with Crippen LogP contribution >= 0.6 is 28.6 Å². The van der Waals surface area contributed by atoms with Crippen molar-refractivity contribution in [2.75, 3.05) is 0 Å². The van der Waals surface area contributed by atoms with E-state index >= 15 is 0 Å². The molecular weight excluding hydrogens is 1100 g/mol. The Hall–Kier alpha value is -7.91. The Bertz CT molecular complexity index is 3010. The van der Waals surface area contributed by atoms with Crippen molar-refractivity contribution in [3.8, 4) is 0 Å². The molecule has 0 amide bonds. The molecule has 0 saturated carbocycles. The van der Waals surface area contributed by atoms with Gasteiger partial charge in [-0.05, 0) is 146 Å². The second kappa shape index (κ2) is 29.0. The standard InChI is InChI=1S/4C18H15OP.Cr/c4*19-20(16-10-4-1-5-11-16,17-12-6-2-7-13-17)18-14-8-3-9-15-18;/h4*1-15H;/q;;;;+3/p+4. The van der Waals surface area contributed by atoms with E-state index in [4.69, 9.17) is 0 Å². The first kappa shape index (κ1) is 59.2. The van der Waals surface area contributed by atoms with Crippen LogP contribution in [0.2, 0.25) is 0 Å². The Morgan fingerprint density at radius 2 is 0.185 bits per heavy atom. The minimum absolute atomic E-state index is 0. The van der Waals surface area contributed by atoms with Gasteiger partial charge >= 0.3 is 45.9 Å². The quantitative estimate of drug-likeness (QED) is 0.0862. The Labute approximate surface area is 488 Å². The average molecular weight is 1170 g/mol. The van der Waals surface area contributed by atoms with E-state index in [1.807, 2.05) is 364 Å². The van der Waals surface area contributed by atoms with Gasteiger partial charge in [0.25, 0.3) is 0 Å². The molecule has 4 N–H and O–H groups in total. The molecule has 0 bridgehead atoms. The largest absolute Gasteiger partial charge is 3.00 e. The van der Waals surface area contributed by atoms with Gasteiger partial charge in [-0.2, -0.15) is 0 Å². The first-order valence-electron chi connectivity index (χ1n) is 26.4. The summed E-state index contributed by atoms with van der Waals surface area (Å²) in [6, 6.07) is 119. The number of hydrogen-bond acceptors (Lipinski definition) is 0. The maximum absolute atomic E-state index is 11.5. The van der Waals surface area contributed by atoms with Gasteiger partial charge in [0.1, 0.15) is 0 Å². The molecular formula is C72H64CrO4P4+7. The minimum Gasteiger partial charge on any atom is -0.307 e. The molecule has 0 saturated heterocycles. The van der Waals surface area contributed by atoms with Crippen LogP contribution < -0.4 is 63.7 Å². The van der Waals surface area contributed by atoms with Crippen molar-refractivity contribution in [3.05, 3.63) is 364 Å². The van der Waals surface area contributed by atoms with Gasteiger partial charge in [0, 0.05) is 0 Å². The SMILES string of the molecule is [Cr+3].[OH+]=P(c1ccccc1)(c1ccccc1)c1ccccc1.[OH+]=P(c1ccccc1)(c1ccccc1)c1ccccc1.[OH+]=P(c1ccccc1)(c1ccccc1)c1ccccc1.[OH+]=P(c1ccccc1)(c1ccccc1)c1ccccc1. The molecule has 12 aromatic rings. The molecule has 0 aliphatic rings. The maximum atomic E-state index is 11.5. The molecule has 0 heterocycles. The van der Waals surface area contributed by atoms with Crippen molar-refractivity contribution in [1.29, 1.82) is 0 Å². The summed E-state index contributed by atoms with van der Waals surface area (Å²) in [5.41, 5.74) is 0. The van der Waals surface area contributed by atoms with Gasteiger partial charge in [-0.25, -0.2) is 0 Å². The number of hydrogen-bond donors (Lipinski definition) is 0. The van der Waals surface area contributed by atoms with Gasteiger partial charge < -0.3 is 18.3 Å². The van der Waals surface area contributed by atoms with E-state index < -0.39 is 28.6 Å². The monoisotopic (exact) mass is 1170 g/mol. The summed E-state index contributed by atoms with van der Waals surface area (Å²) in [7, 11) is -10.1. The van der Waals surface area contributed by atoms with Crippen LogP contribution in [0.4, 0.5) is 0 Å². The molecule has 0 aliphatic carbocycles. The van der Waals surface area contributed by atoms with Gasteiger partial charge in [-0.3, -0.25) is 0 Å². The van der Waals surface area contributed by atoms with Crippen molar-refractivity contribution in [2.24, 2.45) is 0 Å². The van der Waals surface area contributed by atoms with E-state index in [2.05, 4.69) is 0 Å². The Morgan fingerprint density at radius 3 is 0.247 bits per heavy atom. The van der Waals surface area contributed by atoms with Gasteiger partial charge in [0.15, 0.2) is 0 Å². The Kier molecular flexibility index (Phi) is 21.2. The van der Waals surface area contributed by atoms with Crippen molar-refractivity contribution in [3.63, 3.8) is 0 Å². The number of rotatable bonds is 12. The van der Waals surface area contributed by atoms with E-state index in [0.717, 1.165) is 63.7 Å². The predicted octanol–water partition coefficient (Wildman–Crippen LogP) is 13.1. The van der Waals surface area contributed by atoms with Gasteiger partial charge in [0.05, 0.1) is 63.7 Å². The van der Waals surface area contributed by atoms with E-state index in [-0.39, 0.29) is 17.4 Å². The van der Waals surface area contributed by atoms with E-state index in [9.17, 15) is 18.3 Å². The van der Waals surface area contributed by atoms with Gasteiger partial charge in [-0.1, -0.05) is 218 Å². The summed E-state index contributed by atoms with van der Waals surface area (Å²) in [6.45, 7) is 0. The average Bonchev–Trinajstić information content (AvgIpc) is 3.63. The normalized spacial score (nSPS) is 11.1. The fraction of sp³-hybridized carbons (Fsp3) is 0. The molecule has 0 spiro atoms. The van der Waals surface area contributed by atoms with Crippen LogP contribution in [0.5, 0.6) is 0 Å². The third-order valence-electron chi connectivity index (χ3n) is 13.6. The molecule has 4 nitrogen and oxygen atoms in total. The fourth-order valence-corrected chi connectivity index (χ4v) is 20.3. The van der Waals surface area contributed by atoms with E-state index in [1.165, 1.54) is 0 Å². The summed E-state index contributed by atoms with van der Waals surface area (Å²) >= 11 is 0. The molecule has 12 rings (SSSR count). The van der Waals surface area contributed by atoms with E-state index in [1.54, 1.807) is 0 Å². The van der Waals surface area contributed by atoms with Crippen molar-refractivity contribution in [2.45, 2.75) is 0 Å². The zero-order valence-corrected chi connectivity index (χ0v) is 49.5. The molecule has 0 aromatic heterocycles. The zero-order valence-electron chi connectivity index (χ0n) is 44.6. The van der Waals surface area contributed by atoms with Crippen molar-refractivity contribution >= 4 is 92.2 Å². The summed E-state index contributed by atoms with van der Waals surface area (Å²) in [4.78, 5) is 0. The second-order valence-electron chi connectivity index (χ2n) is 18.6. The third-order valence-corrected chi connectivity index (χ3v) is 26.1. The molecule has 12 aromatic carbocycles. The first-order chi connectivity index (χ1) is 39.3. The first-order valence-corrected chi connectivity index (χ1v) is 33.4. The van der Waals surface area contributed by atoms with Gasteiger partial charge in [0.2, 0.25) is 0 Å². The van der Waals surface area contributed by atoms with Gasteiger partial charge in [-0.15, -0.1) is 0 Å². The van der Waals surface area contributed by atoms with Crippen LogP contribution in [0.15, 0.2) is 364 Å². The van der Waals surface area contributed by atoms with Crippen LogP contribution in [-0.2, 0) is 17.4 Å². The molecule has 0 atom stereocenters. The summed E-state index contributed by atoms with van der Waals surface area (Å²) in [6.07, 6.45) is 0. The fourth-order valence-electron chi connectivity index (χ4n) is 9.51. The Morgan fingerprint density at radius 1 is 0.123 bits per heavy atom. The molecule has 0 unspecified atom stereocenters. The zero-order chi connectivity index (χ0) is 55.4. The van der Waals surface area contributed by atoms with Crippen LogP contribution in [0.25, 0.3) is 0 Å². The van der Waals surface area contributed by atoms with Crippen molar-refractivity contribution < 1.29 is 35.6 Å². The summed E-state index contributed by atoms with van der Waals surface area (Å²) in [5, 5.41) is 11.8. The molecule has 1 radical (unpaired) electrons. The van der Waals surface area contributed by atoms with E-state index in [0.29, 0.717) is 0 Å². The Balaban J connectivity index is 0.000000141. The van der Waals surface area contributed by atoms with Crippen LogP contribution in [0.1, 0.15) is 0 Å². The summed E-state index contributed by atoms with van der Waals surface area (Å²) < 4.78 is 46.1. The molecule has 395 valence electrons. The molecule has 0 aliphatic heterocycles. The smallest absolute Gasteiger partial charge is 0.307 e. The number of benzene rings is 12. The maximum Gasteiger partial charge on any atom is 3.00 e. The predicted molar refractivity (Wildman–Crippen MR) is 348 cm³/mol. The molecule has 81 heavy (non-hydrogen) atoms. The van der Waals surface area contributed by atoms with Crippen molar-refractivity contribution in [1.82, 2.24) is 0 Å². The van der Waals surface area contributed by atoms with Crippen LogP contribution in [0.3, 0.4) is 0 Å².